The Morgan fingerprint density at radius 2 is 2.10 bits per heavy atom. The Morgan fingerprint density at radius 1 is 1.48 bits per heavy atom. The number of rotatable bonds is 5. The third-order valence-electron chi connectivity index (χ3n) is 3.90. The van der Waals surface area contributed by atoms with Crippen molar-refractivity contribution < 1.29 is 18.3 Å². The van der Waals surface area contributed by atoms with Gasteiger partial charge >= 0.3 is 6.18 Å². The molecule has 0 spiro atoms. The lowest BCUT2D eigenvalue weighted by atomic mass is 9.89. The smallest absolute Gasteiger partial charge is 0.390 e. The second-order valence-electron chi connectivity index (χ2n) is 5.86. The second kappa shape index (κ2) is 6.52. The van der Waals surface area contributed by atoms with Crippen molar-refractivity contribution in [1.29, 1.82) is 5.26 Å². The fourth-order valence-corrected chi connectivity index (χ4v) is 1.96. The zero-order valence-corrected chi connectivity index (χ0v) is 12.5. The van der Waals surface area contributed by atoms with E-state index >= 15 is 0 Å². The van der Waals surface area contributed by atoms with Crippen LogP contribution in [0.4, 0.5) is 13.2 Å². The Hall–Kier alpha value is -1.48. The van der Waals surface area contributed by atoms with E-state index in [0.717, 1.165) is 6.08 Å². The van der Waals surface area contributed by atoms with E-state index in [0.29, 0.717) is 6.42 Å². The lowest BCUT2D eigenvalue weighted by Crippen LogP contribution is -2.36. The maximum absolute atomic E-state index is 13.0. The molecule has 0 radical (unpaired) electrons. The third kappa shape index (κ3) is 4.78. The molecule has 118 valence electrons. The van der Waals surface area contributed by atoms with Crippen molar-refractivity contribution in [3.8, 4) is 6.07 Å². The monoisotopic (exact) mass is 302 g/mol. The van der Waals surface area contributed by atoms with Gasteiger partial charge < -0.3 is 10.4 Å². The molecule has 6 heteroatoms. The summed E-state index contributed by atoms with van der Waals surface area (Å²) in [6, 6.07) is 1.83. The number of halogens is 3. The molecule has 3 nitrogen and oxygen atoms in total. The lowest BCUT2D eigenvalue weighted by molar-refractivity contribution is -0.0905. The lowest BCUT2D eigenvalue weighted by Gasteiger charge is -2.29. The van der Waals surface area contributed by atoms with Crippen LogP contribution in [-0.4, -0.2) is 23.4 Å². The van der Waals surface area contributed by atoms with Crippen molar-refractivity contribution in [1.82, 2.24) is 5.32 Å². The van der Waals surface area contributed by atoms with Gasteiger partial charge in [-0.25, -0.2) is 0 Å². The number of nitrogens with zero attached hydrogens (tertiary/aromatic N) is 1. The Balaban J connectivity index is 2.73. The minimum Gasteiger partial charge on any atom is -0.390 e. The van der Waals surface area contributed by atoms with Crippen molar-refractivity contribution in [2.75, 3.05) is 6.54 Å². The zero-order chi connectivity index (χ0) is 16.3. The molecule has 0 amide bonds. The minimum absolute atomic E-state index is 0.00597. The van der Waals surface area contributed by atoms with Crippen LogP contribution in [0.5, 0.6) is 0 Å². The second-order valence-corrected chi connectivity index (χ2v) is 5.86. The van der Waals surface area contributed by atoms with Crippen molar-refractivity contribution in [3.05, 3.63) is 23.4 Å². The Labute approximate surface area is 123 Å². The van der Waals surface area contributed by atoms with Gasteiger partial charge in [-0.05, 0) is 25.7 Å². The van der Waals surface area contributed by atoms with Gasteiger partial charge in [-0.2, -0.15) is 18.4 Å². The number of hydrogen-bond donors (Lipinski definition) is 2. The molecule has 0 aliphatic heterocycles. The first-order valence-electron chi connectivity index (χ1n) is 6.93. The largest absolute Gasteiger partial charge is 0.418 e. The summed E-state index contributed by atoms with van der Waals surface area (Å²) >= 11 is 0. The Bertz CT molecular complexity index is 470. The van der Waals surface area contributed by atoms with Gasteiger partial charge in [-0.1, -0.05) is 26.0 Å². The predicted molar refractivity (Wildman–Crippen MR) is 74.0 cm³/mol. The van der Waals surface area contributed by atoms with Crippen LogP contribution in [0.15, 0.2) is 23.4 Å². The normalized spacial score (nSPS) is 22.1. The van der Waals surface area contributed by atoms with Crippen LogP contribution >= 0.6 is 0 Å². The van der Waals surface area contributed by atoms with E-state index in [4.69, 9.17) is 5.26 Å². The molecule has 2 atom stereocenters. The average molecular weight is 302 g/mol. The topological polar surface area (TPSA) is 56.0 Å². The van der Waals surface area contributed by atoms with Crippen LogP contribution in [0.25, 0.3) is 0 Å². The van der Waals surface area contributed by atoms with E-state index in [1.54, 1.807) is 6.92 Å². The van der Waals surface area contributed by atoms with E-state index in [2.05, 4.69) is 5.32 Å². The molecule has 0 aromatic heterocycles. The molecule has 0 aromatic rings. The molecule has 0 saturated heterocycles. The van der Waals surface area contributed by atoms with Gasteiger partial charge in [0.1, 0.15) is 0 Å². The van der Waals surface area contributed by atoms with E-state index in [9.17, 15) is 18.3 Å². The highest BCUT2D eigenvalue weighted by Gasteiger charge is 2.38. The standard InChI is InChI=1S/C15H21F3N2O/c1-10(2)14(3,21)6-7-20-13-5-4-11(9-19)8-12(13)15(16,17)18/h5,8,10-11,20-21H,4,6-7H2,1-3H3/t11?,14-/m0/s1. The molecule has 0 saturated carbocycles. The van der Waals surface area contributed by atoms with Crippen molar-refractivity contribution >= 4 is 0 Å². The molecule has 0 bridgehead atoms. The molecule has 21 heavy (non-hydrogen) atoms. The highest BCUT2D eigenvalue weighted by atomic mass is 19.4. The fraction of sp³-hybridized carbons (Fsp3) is 0.667. The molecule has 1 aliphatic rings. The van der Waals surface area contributed by atoms with Crippen LogP contribution in [-0.2, 0) is 0 Å². The first kappa shape index (κ1) is 17.6. The molecule has 0 heterocycles. The average Bonchev–Trinajstić information content (AvgIpc) is 2.37. The summed E-state index contributed by atoms with van der Waals surface area (Å²) in [5, 5.41) is 21.6. The van der Waals surface area contributed by atoms with Crippen LogP contribution < -0.4 is 5.32 Å². The zero-order valence-electron chi connectivity index (χ0n) is 12.5. The summed E-state index contributed by atoms with van der Waals surface area (Å²) in [4.78, 5) is 0. The van der Waals surface area contributed by atoms with Gasteiger partial charge in [0, 0.05) is 12.2 Å². The summed E-state index contributed by atoms with van der Waals surface area (Å²) in [6.07, 6.45) is -1.52. The molecule has 0 aromatic carbocycles. The third-order valence-corrected chi connectivity index (χ3v) is 3.90. The van der Waals surface area contributed by atoms with Crippen molar-refractivity contribution in [2.24, 2.45) is 11.8 Å². The molecule has 1 aliphatic carbocycles. The van der Waals surface area contributed by atoms with E-state index < -0.39 is 23.3 Å². The van der Waals surface area contributed by atoms with E-state index in [-0.39, 0.29) is 24.6 Å². The highest BCUT2D eigenvalue weighted by Crippen LogP contribution is 2.34. The van der Waals surface area contributed by atoms with Gasteiger partial charge in [0.25, 0.3) is 0 Å². The van der Waals surface area contributed by atoms with Gasteiger partial charge in [0.05, 0.1) is 23.2 Å². The predicted octanol–water partition coefficient (Wildman–Crippen LogP) is 3.29. The number of alkyl halides is 3. The minimum atomic E-state index is -4.49. The number of allylic oxidation sites excluding steroid dienone is 3. The summed E-state index contributed by atoms with van der Waals surface area (Å²) in [5.74, 6) is -0.730. The first-order chi connectivity index (χ1) is 9.58. The summed E-state index contributed by atoms with van der Waals surface area (Å²) in [5.41, 5.74) is -1.74. The summed E-state index contributed by atoms with van der Waals surface area (Å²) in [6.45, 7) is 5.62. The maximum atomic E-state index is 13.0. The molecule has 2 N–H and O–H groups in total. The molecular formula is C15H21F3N2O. The summed E-state index contributed by atoms with van der Waals surface area (Å²) < 4.78 is 38.9. The number of hydrogen-bond acceptors (Lipinski definition) is 3. The van der Waals surface area contributed by atoms with Crippen molar-refractivity contribution in [3.63, 3.8) is 0 Å². The van der Waals surface area contributed by atoms with Crippen LogP contribution in [0.2, 0.25) is 0 Å². The van der Waals surface area contributed by atoms with Gasteiger partial charge in [-0.15, -0.1) is 0 Å². The highest BCUT2D eigenvalue weighted by molar-refractivity contribution is 5.38. The van der Waals surface area contributed by atoms with E-state index in [1.165, 1.54) is 6.08 Å². The molecule has 1 rings (SSSR count). The molecular weight excluding hydrogens is 281 g/mol. The first-order valence-corrected chi connectivity index (χ1v) is 6.93. The number of nitriles is 1. The Kier molecular flexibility index (Phi) is 5.46. The fourth-order valence-electron chi connectivity index (χ4n) is 1.96. The SMILES string of the molecule is CC(C)[C@@](C)(O)CCNC1=CCC(C#N)C=C1C(F)(F)F. The van der Waals surface area contributed by atoms with E-state index in [1.807, 2.05) is 19.9 Å². The van der Waals surface area contributed by atoms with Crippen molar-refractivity contribution in [2.45, 2.75) is 45.4 Å². The van der Waals surface area contributed by atoms with Gasteiger partial charge in [0.15, 0.2) is 0 Å². The molecule has 1 unspecified atom stereocenters. The number of aliphatic hydroxyl groups is 1. The van der Waals surface area contributed by atoms with Crippen LogP contribution in [0.3, 0.4) is 0 Å². The Morgan fingerprint density at radius 3 is 2.57 bits per heavy atom. The maximum Gasteiger partial charge on any atom is 0.418 e. The summed E-state index contributed by atoms with van der Waals surface area (Å²) in [7, 11) is 0. The van der Waals surface area contributed by atoms with Gasteiger partial charge in [-0.3, -0.25) is 0 Å². The quantitative estimate of drug-likeness (QED) is 0.819. The van der Waals surface area contributed by atoms with Crippen LogP contribution in [0, 0.1) is 23.2 Å². The number of nitrogens with one attached hydrogen (secondary N) is 1. The van der Waals surface area contributed by atoms with Crippen LogP contribution in [0.1, 0.15) is 33.6 Å². The van der Waals surface area contributed by atoms with Gasteiger partial charge in [0.2, 0.25) is 0 Å². The molecule has 0 fully saturated rings.